The van der Waals surface area contributed by atoms with Crippen LogP contribution in [0.4, 0.5) is 0 Å². The fraction of sp³-hybridized carbons (Fsp3) is 0.312. The van der Waals surface area contributed by atoms with Crippen LogP contribution in [-0.4, -0.2) is 14.5 Å². The van der Waals surface area contributed by atoms with Gasteiger partial charge in [0.25, 0.3) is 5.56 Å². The standard InChI is InChI=1S/C16H15N3OS/c1-9-6-10(2)8-11(7-9)14-18-13-15(21-14)17-12-4-3-5-19(12)16(13)20/h6-8H,3-5H2,1-2H3. The third-order valence-electron chi connectivity index (χ3n) is 3.85. The molecule has 2 aromatic heterocycles. The molecule has 1 aromatic carbocycles. The van der Waals surface area contributed by atoms with Crippen molar-refractivity contribution in [2.75, 3.05) is 0 Å². The lowest BCUT2D eigenvalue weighted by Crippen LogP contribution is -2.20. The molecule has 0 aliphatic carbocycles. The van der Waals surface area contributed by atoms with Crippen LogP contribution in [-0.2, 0) is 13.0 Å². The van der Waals surface area contributed by atoms with E-state index in [1.54, 1.807) is 4.57 Å². The fourth-order valence-electron chi connectivity index (χ4n) is 2.99. The molecule has 0 saturated carbocycles. The first-order valence-electron chi connectivity index (χ1n) is 7.11. The maximum Gasteiger partial charge on any atom is 0.280 e. The van der Waals surface area contributed by atoms with Gasteiger partial charge in [0.2, 0.25) is 0 Å². The zero-order chi connectivity index (χ0) is 14.6. The van der Waals surface area contributed by atoms with Gasteiger partial charge in [0.15, 0.2) is 10.3 Å². The number of thiazole rings is 1. The summed E-state index contributed by atoms with van der Waals surface area (Å²) in [6, 6.07) is 6.35. The van der Waals surface area contributed by atoms with Gasteiger partial charge < -0.3 is 0 Å². The Kier molecular flexibility index (Phi) is 2.72. The predicted octanol–water partition coefficient (Wildman–Crippen LogP) is 3.08. The van der Waals surface area contributed by atoms with Crippen LogP contribution in [0.2, 0.25) is 0 Å². The summed E-state index contributed by atoms with van der Waals surface area (Å²) < 4.78 is 1.77. The number of hydrogen-bond donors (Lipinski definition) is 0. The van der Waals surface area contributed by atoms with Gasteiger partial charge in [0, 0.05) is 18.5 Å². The molecule has 5 heteroatoms. The van der Waals surface area contributed by atoms with Crippen LogP contribution in [0.15, 0.2) is 23.0 Å². The monoisotopic (exact) mass is 297 g/mol. The maximum absolute atomic E-state index is 12.5. The summed E-state index contributed by atoms with van der Waals surface area (Å²) in [7, 11) is 0. The lowest BCUT2D eigenvalue weighted by atomic mass is 10.1. The second kappa shape index (κ2) is 4.49. The molecule has 3 heterocycles. The number of rotatable bonds is 1. The molecular formula is C16H15N3OS. The fourth-order valence-corrected chi connectivity index (χ4v) is 3.92. The van der Waals surface area contributed by atoms with Gasteiger partial charge in [0.05, 0.1) is 0 Å². The number of hydrogen-bond acceptors (Lipinski definition) is 4. The van der Waals surface area contributed by atoms with Crippen LogP contribution < -0.4 is 5.56 Å². The average molecular weight is 297 g/mol. The highest BCUT2D eigenvalue weighted by molar-refractivity contribution is 7.21. The Morgan fingerprint density at radius 1 is 1.14 bits per heavy atom. The normalized spacial score (nSPS) is 13.8. The van der Waals surface area contributed by atoms with Crippen molar-refractivity contribution >= 4 is 21.7 Å². The van der Waals surface area contributed by atoms with Crippen LogP contribution in [0.3, 0.4) is 0 Å². The topological polar surface area (TPSA) is 47.8 Å². The highest BCUT2D eigenvalue weighted by Crippen LogP contribution is 2.29. The Balaban J connectivity index is 1.96. The van der Waals surface area contributed by atoms with Gasteiger partial charge in [-0.3, -0.25) is 9.36 Å². The maximum atomic E-state index is 12.5. The van der Waals surface area contributed by atoms with Crippen LogP contribution in [0.25, 0.3) is 20.9 Å². The van der Waals surface area contributed by atoms with Gasteiger partial charge >= 0.3 is 0 Å². The van der Waals surface area contributed by atoms with Gasteiger partial charge in [-0.2, -0.15) is 0 Å². The van der Waals surface area contributed by atoms with E-state index in [0.29, 0.717) is 5.52 Å². The van der Waals surface area contributed by atoms with Gasteiger partial charge in [-0.25, -0.2) is 9.97 Å². The molecule has 106 valence electrons. The summed E-state index contributed by atoms with van der Waals surface area (Å²) in [4.78, 5) is 22.4. The minimum Gasteiger partial charge on any atom is -0.295 e. The van der Waals surface area contributed by atoms with Crippen molar-refractivity contribution in [2.24, 2.45) is 0 Å². The van der Waals surface area contributed by atoms with E-state index in [2.05, 4.69) is 42.0 Å². The Morgan fingerprint density at radius 3 is 2.67 bits per heavy atom. The average Bonchev–Trinajstić information content (AvgIpc) is 3.04. The smallest absolute Gasteiger partial charge is 0.280 e. The van der Waals surface area contributed by atoms with Crippen LogP contribution >= 0.6 is 11.3 Å². The second-order valence-electron chi connectivity index (χ2n) is 5.64. The molecule has 0 spiro atoms. The molecule has 0 amide bonds. The minimum absolute atomic E-state index is 0.0133. The molecule has 3 aromatic rings. The molecule has 0 saturated heterocycles. The minimum atomic E-state index is 0.0133. The number of aryl methyl sites for hydroxylation is 3. The molecule has 4 nitrogen and oxygen atoms in total. The molecule has 0 bridgehead atoms. The molecule has 0 radical (unpaired) electrons. The van der Waals surface area contributed by atoms with Crippen LogP contribution in [0, 0.1) is 13.8 Å². The lowest BCUT2D eigenvalue weighted by molar-refractivity contribution is 0.718. The van der Waals surface area contributed by atoms with E-state index >= 15 is 0 Å². The first-order chi connectivity index (χ1) is 10.1. The Labute approximate surface area is 126 Å². The van der Waals surface area contributed by atoms with Crippen molar-refractivity contribution in [3.63, 3.8) is 0 Å². The molecule has 21 heavy (non-hydrogen) atoms. The number of aromatic nitrogens is 3. The number of benzene rings is 1. The molecule has 4 rings (SSSR count). The second-order valence-corrected chi connectivity index (χ2v) is 6.62. The van der Waals surface area contributed by atoms with Gasteiger partial charge in [0.1, 0.15) is 10.8 Å². The molecule has 1 aliphatic heterocycles. The van der Waals surface area contributed by atoms with Gasteiger partial charge in [-0.15, -0.1) is 0 Å². The van der Waals surface area contributed by atoms with Crippen molar-refractivity contribution in [3.8, 4) is 10.6 Å². The summed E-state index contributed by atoms with van der Waals surface area (Å²) >= 11 is 1.51. The summed E-state index contributed by atoms with van der Waals surface area (Å²) in [6.07, 6.45) is 1.89. The van der Waals surface area contributed by atoms with Crippen LogP contribution in [0.1, 0.15) is 23.4 Å². The van der Waals surface area contributed by atoms with E-state index in [1.807, 2.05) is 0 Å². The van der Waals surface area contributed by atoms with E-state index in [0.717, 1.165) is 40.6 Å². The molecule has 0 fully saturated rings. The summed E-state index contributed by atoms with van der Waals surface area (Å²) in [5, 5.41) is 0.880. The number of fused-ring (bicyclic) bond motifs is 2. The molecule has 0 unspecified atom stereocenters. The molecule has 1 aliphatic rings. The summed E-state index contributed by atoms with van der Waals surface area (Å²) in [5.74, 6) is 0.906. The van der Waals surface area contributed by atoms with E-state index in [4.69, 9.17) is 0 Å². The summed E-state index contributed by atoms with van der Waals surface area (Å²) in [5.41, 5.74) is 4.01. The van der Waals surface area contributed by atoms with E-state index in [1.165, 1.54) is 22.5 Å². The first kappa shape index (κ1) is 12.7. The third kappa shape index (κ3) is 2.00. The Hall–Kier alpha value is -2.01. The van der Waals surface area contributed by atoms with Crippen molar-refractivity contribution in [1.82, 2.24) is 14.5 Å². The SMILES string of the molecule is Cc1cc(C)cc(-c2nc3c(=O)n4c(nc3s2)CCC4)c1. The highest BCUT2D eigenvalue weighted by Gasteiger charge is 2.19. The zero-order valence-electron chi connectivity index (χ0n) is 12.0. The van der Waals surface area contributed by atoms with Gasteiger partial charge in [-0.05, 0) is 32.4 Å². The van der Waals surface area contributed by atoms with Gasteiger partial charge in [-0.1, -0.05) is 28.5 Å². The molecule has 0 N–H and O–H groups in total. The summed E-state index contributed by atoms with van der Waals surface area (Å²) in [6.45, 7) is 4.92. The van der Waals surface area contributed by atoms with E-state index in [9.17, 15) is 4.79 Å². The van der Waals surface area contributed by atoms with Crippen molar-refractivity contribution < 1.29 is 0 Å². The zero-order valence-corrected chi connectivity index (χ0v) is 12.8. The quantitative estimate of drug-likeness (QED) is 0.693. The third-order valence-corrected chi connectivity index (χ3v) is 4.85. The van der Waals surface area contributed by atoms with Crippen molar-refractivity contribution in [2.45, 2.75) is 33.2 Å². The molecular weight excluding hydrogens is 282 g/mol. The largest absolute Gasteiger partial charge is 0.295 e. The number of nitrogens with zero attached hydrogens (tertiary/aromatic N) is 3. The highest BCUT2D eigenvalue weighted by atomic mass is 32.1. The van der Waals surface area contributed by atoms with Crippen LogP contribution in [0.5, 0.6) is 0 Å². The molecule has 0 atom stereocenters. The Bertz CT molecular complexity index is 903. The Morgan fingerprint density at radius 2 is 1.90 bits per heavy atom. The lowest BCUT2D eigenvalue weighted by Gasteiger charge is -2.00. The van der Waals surface area contributed by atoms with Crippen molar-refractivity contribution in [3.05, 3.63) is 45.5 Å². The van der Waals surface area contributed by atoms with Crippen molar-refractivity contribution in [1.29, 1.82) is 0 Å². The van der Waals surface area contributed by atoms with E-state index < -0.39 is 0 Å². The first-order valence-corrected chi connectivity index (χ1v) is 7.92. The predicted molar refractivity (Wildman–Crippen MR) is 84.9 cm³/mol. The van der Waals surface area contributed by atoms with E-state index in [-0.39, 0.29) is 5.56 Å².